The van der Waals surface area contributed by atoms with Crippen molar-refractivity contribution in [3.63, 3.8) is 0 Å². The number of benzene rings is 1. The highest BCUT2D eigenvalue weighted by molar-refractivity contribution is 5.70. The van der Waals surface area contributed by atoms with E-state index in [-0.39, 0.29) is 11.8 Å². The fraction of sp³-hybridized carbons (Fsp3) is 0.438. The Morgan fingerprint density at radius 1 is 1.33 bits per heavy atom. The standard InChI is InChI=1S/C16H18N2O3/c1-2-10-3-5-11(6-4-10)14-17-15(21-18-14)12-7-8-13(9-12)16(19)20/h3-6,12-13H,2,7-9H2,1H3,(H,19,20). The van der Waals surface area contributed by atoms with Gasteiger partial charge < -0.3 is 9.63 Å². The second-order valence-electron chi connectivity index (χ2n) is 5.55. The minimum absolute atomic E-state index is 0.0715. The molecule has 1 N–H and O–H groups in total. The van der Waals surface area contributed by atoms with E-state index in [0.29, 0.717) is 24.6 Å². The molecule has 1 heterocycles. The van der Waals surface area contributed by atoms with Gasteiger partial charge in [0, 0.05) is 11.5 Å². The molecule has 5 nitrogen and oxygen atoms in total. The Balaban J connectivity index is 1.75. The van der Waals surface area contributed by atoms with Gasteiger partial charge in [0.25, 0.3) is 0 Å². The summed E-state index contributed by atoms with van der Waals surface area (Å²) < 4.78 is 5.33. The predicted molar refractivity (Wildman–Crippen MR) is 76.8 cm³/mol. The van der Waals surface area contributed by atoms with Crippen LogP contribution in [0.15, 0.2) is 28.8 Å². The van der Waals surface area contributed by atoms with E-state index in [4.69, 9.17) is 9.63 Å². The molecule has 2 aromatic rings. The summed E-state index contributed by atoms with van der Waals surface area (Å²) in [7, 11) is 0. The molecule has 2 unspecified atom stereocenters. The summed E-state index contributed by atoms with van der Waals surface area (Å²) in [5, 5.41) is 13.1. The molecule has 1 aromatic carbocycles. The third kappa shape index (κ3) is 2.82. The van der Waals surface area contributed by atoms with Crippen molar-refractivity contribution >= 4 is 5.97 Å². The lowest BCUT2D eigenvalue weighted by Gasteiger charge is -2.02. The second kappa shape index (κ2) is 5.68. The minimum Gasteiger partial charge on any atom is -0.481 e. The maximum atomic E-state index is 11.0. The molecule has 2 atom stereocenters. The van der Waals surface area contributed by atoms with E-state index >= 15 is 0 Å². The normalized spacial score (nSPS) is 21.6. The molecule has 0 spiro atoms. The number of hydrogen-bond acceptors (Lipinski definition) is 4. The smallest absolute Gasteiger partial charge is 0.306 e. The molecule has 0 radical (unpaired) electrons. The molecule has 110 valence electrons. The number of aryl methyl sites for hydroxylation is 1. The molecule has 1 fully saturated rings. The van der Waals surface area contributed by atoms with E-state index in [1.165, 1.54) is 5.56 Å². The highest BCUT2D eigenvalue weighted by atomic mass is 16.5. The van der Waals surface area contributed by atoms with E-state index in [1.807, 2.05) is 12.1 Å². The van der Waals surface area contributed by atoms with Crippen molar-refractivity contribution < 1.29 is 14.4 Å². The largest absolute Gasteiger partial charge is 0.481 e. The molecule has 0 saturated heterocycles. The molecular weight excluding hydrogens is 268 g/mol. The summed E-state index contributed by atoms with van der Waals surface area (Å²) >= 11 is 0. The number of aromatic nitrogens is 2. The monoisotopic (exact) mass is 286 g/mol. The van der Waals surface area contributed by atoms with E-state index in [9.17, 15) is 4.79 Å². The minimum atomic E-state index is -0.729. The molecule has 21 heavy (non-hydrogen) atoms. The first-order valence-electron chi connectivity index (χ1n) is 7.33. The van der Waals surface area contributed by atoms with Gasteiger partial charge in [0.15, 0.2) is 0 Å². The zero-order valence-corrected chi connectivity index (χ0v) is 12.0. The van der Waals surface area contributed by atoms with Crippen LogP contribution in [0, 0.1) is 5.92 Å². The summed E-state index contributed by atoms with van der Waals surface area (Å²) in [6.07, 6.45) is 3.07. The van der Waals surface area contributed by atoms with Crippen molar-refractivity contribution in [2.75, 3.05) is 0 Å². The number of carboxylic acids is 1. The highest BCUT2D eigenvalue weighted by Gasteiger charge is 2.33. The number of hydrogen-bond donors (Lipinski definition) is 1. The van der Waals surface area contributed by atoms with Crippen LogP contribution in [0.3, 0.4) is 0 Å². The van der Waals surface area contributed by atoms with Crippen molar-refractivity contribution in [1.82, 2.24) is 10.1 Å². The average Bonchev–Trinajstić information content (AvgIpc) is 3.16. The molecule has 1 saturated carbocycles. The lowest BCUT2D eigenvalue weighted by atomic mass is 10.1. The van der Waals surface area contributed by atoms with Gasteiger partial charge in [-0.1, -0.05) is 36.3 Å². The first kappa shape index (κ1) is 13.8. The summed E-state index contributed by atoms with van der Waals surface area (Å²) in [4.78, 5) is 15.4. The lowest BCUT2D eigenvalue weighted by Crippen LogP contribution is -2.09. The third-order valence-electron chi connectivity index (χ3n) is 4.19. The van der Waals surface area contributed by atoms with Crippen LogP contribution in [0.25, 0.3) is 11.4 Å². The summed E-state index contributed by atoms with van der Waals surface area (Å²) in [6, 6.07) is 8.09. The van der Waals surface area contributed by atoms with Crippen LogP contribution < -0.4 is 0 Å². The molecule has 1 aliphatic rings. The predicted octanol–water partition coefficient (Wildman–Crippen LogP) is 3.27. The van der Waals surface area contributed by atoms with Crippen LogP contribution in [0.4, 0.5) is 0 Å². The van der Waals surface area contributed by atoms with Gasteiger partial charge in [-0.3, -0.25) is 4.79 Å². The Morgan fingerprint density at radius 2 is 2.10 bits per heavy atom. The van der Waals surface area contributed by atoms with E-state index in [0.717, 1.165) is 18.4 Å². The maximum Gasteiger partial charge on any atom is 0.306 e. The number of aliphatic carboxylic acids is 1. The first-order valence-corrected chi connectivity index (χ1v) is 7.33. The van der Waals surface area contributed by atoms with Crippen LogP contribution in [-0.2, 0) is 11.2 Å². The van der Waals surface area contributed by atoms with E-state index in [2.05, 4.69) is 29.2 Å². The Morgan fingerprint density at radius 3 is 2.71 bits per heavy atom. The quantitative estimate of drug-likeness (QED) is 0.933. The number of nitrogens with zero attached hydrogens (tertiary/aromatic N) is 2. The molecule has 0 amide bonds. The van der Waals surface area contributed by atoms with Crippen molar-refractivity contribution in [3.8, 4) is 11.4 Å². The Kier molecular flexibility index (Phi) is 3.73. The van der Waals surface area contributed by atoms with Crippen LogP contribution in [-0.4, -0.2) is 21.2 Å². The fourth-order valence-corrected chi connectivity index (χ4v) is 2.84. The molecule has 3 rings (SSSR count). The molecule has 1 aromatic heterocycles. The van der Waals surface area contributed by atoms with Crippen molar-refractivity contribution in [2.45, 2.75) is 38.5 Å². The van der Waals surface area contributed by atoms with Crippen LogP contribution >= 0.6 is 0 Å². The fourth-order valence-electron chi connectivity index (χ4n) is 2.84. The van der Waals surface area contributed by atoms with Crippen LogP contribution in [0.2, 0.25) is 0 Å². The third-order valence-corrected chi connectivity index (χ3v) is 4.19. The topological polar surface area (TPSA) is 76.2 Å². The van der Waals surface area contributed by atoms with Gasteiger partial charge in [0.05, 0.1) is 5.92 Å². The van der Waals surface area contributed by atoms with Gasteiger partial charge in [-0.2, -0.15) is 4.98 Å². The molecule has 0 bridgehead atoms. The van der Waals surface area contributed by atoms with Crippen molar-refractivity contribution in [2.24, 2.45) is 5.92 Å². The number of rotatable bonds is 4. The number of carbonyl (C=O) groups is 1. The lowest BCUT2D eigenvalue weighted by molar-refractivity contribution is -0.141. The van der Waals surface area contributed by atoms with E-state index < -0.39 is 5.97 Å². The zero-order chi connectivity index (χ0) is 14.8. The van der Waals surface area contributed by atoms with Crippen LogP contribution in [0.5, 0.6) is 0 Å². The first-order chi connectivity index (χ1) is 10.2. The van der Waals surface area contributed by atoms with Crippen molar-refractivity contribution in [1.29, 1.82) is 0 Å². The Bertz CT molecular complexity index is 633. The van der Waals surface area contributed by atoms with E-state index in [1.54, 1.807) is 0 Å². The van der Waals surface area contributed by atoms with Gasteiger partial charge in [0.2, 0.25) is 11.7 Å². The number of carboxylic acid groups (broad SMARTS) is 1. The van der Waals surface area contributed by atoms with Crippen LogP contribution in [0.1, 0.15) is 43.6 Å². The molecule has 0 aliphatic heterocycles. The maximum absolute atomic E-state index is 11.0. The Hall–Kier alpha value is -2.17. The molecular formula is C16H18N2O3. The summed E-state index contributed by atoms with van der Waals surface area (Å²) in [6.45, 7) is 2.11. The Labute approximate surface area is 123 Å². The van der Waals surface area contributed by atoms with Gasteiger partial charge in [-0.15, -0.1) is 0 Å². The summed E-state index contributed by atoms with van der Waals surface area (Å²) in [5.74, 6) is 0.198. The van der Waals surface area contributed by atoms with Gasteiger partial charge >= 0.3 is 5.97 Å². The second-order valence-corrected chi connectivity index (χ2v) is 5.55. The van der Waals surface area contributed by atoms with Gasteiger partial charge in [-0.05, 0) is 31.2 Å². The van der Waals surface area contributed by atoms with Gasteiger partial charge in [-0.25, -0.2) is 0 Å². The summed E-state index contributed by atoms with van der Waals surface area (Å²) in [5.41, 5.74) is 2.19. The molecule has 1 aliphatic carbocycles. The van der Waals surface area contributed by atoms with Crippen molar-refractivity contribution in [3.05, 3.63) is 35.7 Å². The zero-order valence-electron chi connectivity index (χ0n) is 12.0. The van der Waals surface area contributed by atoms with Gasteiger partial charge in [0.1, 0.15) is 0 Å². The highest BCUT2D eigenvalue weighted by Crippen LogP contribution is 2.38. The molecule has 5 heteroatoms. The SMILES string of the molecule is CCc1ccc(-c2noc(C3CCC(C(=O)O)C3)n2)cc1. The average molecular weight is 286 g/mol.